The van der Waals surface area contributed by atoms with Gasteiger partial charge >= 0.3 is 5.97 Å². The van der Waals surface area contributed by atoms with E-state index in [4.69, 9.17) is 4.74 Å². The zero-order valence-electron chi connectivity index (χ0n) is 15.7. The molecule has 2 aromatic carbocycles. The Labute approximate surface area is 172 Å². The fourth-order valence-electron chi connectivity index (χ4n) is 2.63. The molecule has 28 heavy (non-hydrogen) atoms. The topological polar surface area (TPSA) is 55.4 Å². The van der Waals surface area contributed by atoms with Crippen molar-refractivity contribution in [3.63, 3.8) is 0 Å². The van der Waals surface area contributed by atoms with Crippen molar-refractivity contribution in [2.24, 2.45) is 0 Å². The number of amides is 1. The zero-order valence-corrected chi connectivity index (χ0v) is 17.4. The second-order valence-corrected chi connectivity index (χ2v) is 8.02. The maximum atomic E-state index is 12.6. The molecule has 0 saturated carbocycles. The number of benzene rings is 2. The van der Waals surface area contributed by atoms with Gasteiger partial charge in [0.15, 0.2) is 0 Å². The number of rotatable bonds is 7. The van der Waals surface area contributed by atoms with Crippen LogP contribution < -0.4 is 5.32 Å². The minimum Gasteiger partial charge on any atom is -0.462 e. The third-order valence-electron chi connectivity index (χ3n) is 4.00. The quantitative estimate of drug-likeness (QED) is 0.404. The van der Waals surface area contributed by atoms with Crippen molar-refractivity contribution in [3.05, 3.63) is 71.1 Å². The average molecular weight is 412 g/mol. The zero-order chi connectivity index (χ0) is 19.9. The van der Waals surface area contributed by atoms with Gasteiger partial charge in [-0.25, -0.2) is 4.79 Å². The van der Waals surface area contributed by atoms with E-state index in [1.807, 2.05) is 66.9 Å². The molecule has 1 aromatic heterocycles. The van der Waals surface area contributed by atoms with Crippen molar-refractivity contribution in [3.8, 4) is 11.1 Å². The molecule has 6 heteroatoms. The van der Waals surface area contributed by atoms with Crippen LogP contribution in [0.3, 0.4) is 0 Å². The Morgan fingerprint density at radius 3 is 2.46 bits per heavy atom. The summed E-state index contributed by atoms with van der Waals surface area (Å²) in [6.45, 7) is 4.06. The normalized spacial score (nSPS) is 10.5. The number of esters is 1. The first-order chi connectivity index (χ1) is 13.6. The van der Waals surface area contributed by atoms with Gasteiger partial charge in [0, 0.05) is 15.8 Å². The van der Waals surface area contributed by atoms with Gasteiger partial charge in [-0.1, -0.05) is 48.0 Å². The summed E-state index contributed by atoms with van der Waals surface area (Å²) in [5, 5.41) is 5.29. The number of nitrogens with one attached hydrogen (secondary N) is 1. The molecule has 0 atom stereocenters. The van der Waals surface area contributed by atoms with Crippen molar-refractivity contribution < 1.29 is 14.3 Å². The van der Waals surface area contributed by atoms with E-state index in [0.29, 0.717) is 10.6 Å². The molecule has 4 nitrogen and oxygen atoms in total. The highest BCUT2D eigenvalue weighted by atomic mass is 32.2. The van der Waals surface area contributed by atoms with Gasteiger partial charge in [0.05, 0.1) is 12.4 Å². The van der Waals surface area contributed by atoms with Crippen molar-refractivity contribution in [1.29, 1.82) is 0 Å². The Balaban J connectivity index is 1.80. The molecule has 1 amide bonds. The van der Waals surface area contributed by atoms with Crippen molar-refractivity contribution in [2.45, 2.75) is 18.7 Å². The van der Waals surface area contributed by atoms with E-state index in [0.717, 1.165) is 21.6 Å². The molecule has 0 bridgehead atoms. The molecule has 144 valence electrons. The lowest BCUT2D eigenvalue weighted by Gasteiger charge is -2.09. The predicted octanol–water partition coefficient (Wildman–Crippen LogP) is 5.63. The predicted molar refractivity (Wildman–Crippen MR) is 116 cm³/mol. The Hall–Kier alpha value is -2.57. The van der Waals surface area contributed by atoms with Gasteiger partial charge in [-0.15, -0.1) is 23.1 Å². The van der Waals surface area contributed by atoms with Gasteiger partial charge in [0.2, 0.25) is 5.91 Å². The molecule has 0 aliphatic heterocycles. The Morgan fingerprint density at radius 2 is 1.79 bits per heavy atom. The van der Waals surface area contributed by atoms with Crippen LogP contribution in [0.1, 0.15) is 22.8 Å². The SMILES string of the molecule is CCOC(=O)c1c(-c2ccc(C)cc2)csc1NC(=O)CSc1ccccc1. The Morgan fingerprint density at radius 1 is 1.07 bits per heavy atom. The number of hydrogen-bond donors (Lipinski definition) is 1. The summed E-state index contributed by atoms with van der Waals surface area (Å²) in [5.41, 5.74) is 3.25. The van der Waals surface area contributed by atoms with E-state index < -0.39 is 5.97 Å². The first kappa shape index (κ1) is 20.2. The van der Waals surface area contributed by atoms with Gasteiger partial charge in [0.25, 0.3) is 0 Å². The second kappa shape index (κ2) is 9.57. The van der Waals surface area contributed by atoms with Gasteiger partial charge in [-0.05, 0) is 31.5 Å². The fourth-order valence-corrected chi connectivity index (χ4v) is 4.32. The highest BCUT2D eigenvalue weighted by molar-refractivity contribution is 8.00. The summed E-state index contributed by atoms with van der Waals surface area (Å²) in [7, 11) is 0. The maximum Gasteiger partial charge on any atom is 0.341 e. The lowest BCUT2D eigenvalue weighted by Crippen LogP contribution is -2.16. The minimum atomic E-state index is -0.426. The van der Waals surface area contributed by atoms with Gasteiger partial charge in [0.1, 0.15) is 10.6 Å². The molecule has 0 saturated heterocycles. The summed E-state index contributed by atoms with van der Waals surface area (Å²) in [6, 6.07) is 17.7. The standard InChI is InChI=1S/C22H21NO3S2/c1-3-26-22(25)20-18(16-11-9-15(2)10-12-16)13-28-21(20)23-19(24)14-27-17-7-5-4-6-8-17/h4-13H,3,14H2,1-2H3,(H,23,24). The van der Waals surface area contributed by atoms with E-state index >= 15 is 0 Å². The number of aryl methyl sites for hydroxylation is 1. The van der Waals surface area contributed by atoms with Crippen molar-refractivity contribution >= 4 is 40.0 Å². The van der Waals surface area contributed by atoms with Crippen LogP contribution in [0.4, 0.5) is 5.00 Å². The number of hydrogen-bond acceptors (Lipinski definition) is 5. The molecule has 3 rings (SSSR count). The minimum absolute atomic E-state index is 0.156. The number of thiophene rings is 1. The van der Waals surface area contributed by atoms with Crippen LogP contribution in [0, 0.1) is 6.92 Å². The van der Waals surface area contributed by atoms with Crippen LogP contribution in [-0.2, 0) is 9.53 Å². The van der Waals surface area contributed by atoms with Crippen LogP contribution in [-0.4, -0.2) is 24.2 Å². The van der Waals surface area contributed by atoms with Gasteiger partial charge in [-0.2, -0.15) is 0 Å². The number of thioether (sulfide) groups is 1. The largest absolute Gasteiger partial charge is 0.462 e. The molecule has 1 N–H and O–H groups in total. The van der Waals surface area contributed by atoms with Crippen molar-refractivity contribution in [1.82, 2.24) is 0 Å². The van der Waals surface area contributed by atoms with Crippen LogP contribution in [0.15, 0.2) is 64.9 Å². The van der Waals surface area contributed by atoms with E-state index in [2.05, 4.69) is 5.32 Å². The van der Waals surface area contributed by atoms with Gasteiger partial charge < -0.3 is 10.1 Å². The summed E-state index contributed by atoms with van der Waals surface area (Å²) >= 11 is 2.79. The number of carbonyl (C=O) groups excluding carboxylic acids is 2. The van der Waals surface area contributed by atoms with Crippen LogP contribution in [0.5, 0.6) is 0 Å². The van der Waals surface area contributed by atoms with E-state index in [-0.39, 0.29) is 18.3 Å². The smallest absolute Gasteiger partial charge is 0.341 e. The molecule has 0 spiro atoms. The van der Waals surface area contributed by atoms with Gasteiger partial charge in [-0.3, -0.25) is 4.79 Å². The molecular formula is C22H21NO3S2. The number of carbonyl (C=O) groups is 2. The third kappa shape index (κ3) is 5.03. The molecule has 0 aliphatic rings. The highest BCUT2D eigenvalue weighted by Gasteiger charge is 2.22. The molecule has 0 fully saturated rings. The third-order valence-corrected chi connectivity index (χ3v) is 5.91. The lowest BCUT2D eigenvalue weighted by molar-refractivity contribution is -0.113. The maximum absolute atomic E-state index is 12.6. The number of ether oxygens (including phenoxy) is 1. The average Bonchev–Trinajstić information content (AvgIpc) is 3.11. The summed E-state index contributed by atoms with van der Waals surface area (Å²) in [5.74, 6) is -0.314. The highest BCUT2D eigenvalue weighted by Crippen LogP contribution is 2.36. The molecule has 3 aromatic rings. The molecule has 0 unspecified atom stereocenters. The molecule has 0 aliphatic carbocycles. The fraction of sp³-hybridized carbons (Fsp3) is 0.182. The Bertz CT molecular complexity index is 950. The van der Waals surface area contributed by atoms with Crippen LogP contribution in [0.25, 0.3) is 11.1 Å². The number of anilines is 1. The molecule has 1 heterocycles. The summed E-state index contributed by atoms with van der Waals surface area (Å²) < 4.78 is 5.23. The van der Waals surface area contributed by atoms with E-state index in [9.17, 15) is 9.59 Å². The monoisotopic (exact) mass is 411 g/mol. The van der Waals surface area contributed by atoms with E-state index in [1.54, 1.807) is 6.92 Å². The van der Waals surface area contributed by atoms with E-state index in [1.165, 1.54) is 23.1 Å². The molecule has 0 radical (unpaired) electrons. The van der Waals surface area contributed by atoms with Crippen molar-refractivity contribution in [2.75, 3.05) is 17.7 Å². The first-order valence-electron chi connectivity index (χ1n) is 8.92. The van der Waals surface area contributed by atoms with Crippen LogP contribution >= 0.6 is 23.1 Å². The lowest BCUT2D eigenvalue weighted by atomic mass is 10.0. The summed E-state index contributed by atoms with van der Waals surface area (Å²) in [4.78, 5) is 26.0. The second-order valence-electron chi connectivity index (χ2n) is 6.09. The van der Waals surface area contributed by atoms with Crippen LogP contribution in [0.2, 0.25) is 0 Å². The summed E-state index contributed by atoms with van der Waals surface area (Å²) in [6.07, 6.45) is 0. The first-order valence-corrected chi connectivity index (χ1v) is 10.8. The Kier molecular flexibility index (Phi) is 6.90. The molecular weight excluding hydrogens is 390 g/mol.